The topological polar surface area (TPSA) is 20.2 Å². The smallest absolute Gasteiger partial charge is 0.194 e. The van der Waals surface area contributed by atoms with Crippen LogP contribution in [0.5, 0.6) is 0 Å². The van der Waals surface area contributed by atoms with Crippen molar-refractivity contribution in [3.8, 4) is 0 Å². The zero-order valence-corrected chi connectivity index (χ0v) is 7.89. The van der Waals surface area contributed by atoms with Gasteiger partial charge in [-0.15, -0.1) is 0 Å². The Balaban J connectivity index is 3.17. The van der Waals surface area contributed by atoms with Gasteiger partial charge in [0.05, 0.1) is 6.10 Å². The number of aliphatic hydroxyl groups excluding tert-OH is 1. The average Bonchev–Trinajstić information content (AvgIpc) is 2.13. The van der Waals surface area contributed by atoms with Gasteiger partial charge in [0.2, 0.25) is 0 Å². The zero-order valence-electron chi connectivity index (χ0n) is 7.89. The van der Waals surface area contributed by atoms with E-state index in [0.717, 1.165) is 12.1 Å². The SMILES string of the molecule is CC(C)C(O)c1ccc(F)c(F)c1F. The van der Waals surface area contributed by atoms with Crippen molar-refractivity contribution in [3.63, 3.8) is 0 Å². The molecule has 0 aromatic heterocycles. The molecule has 0 spiro atoms. The molecule has 78 valence electrons. The first kappa shape index (κ1) is 11.0. The molecule has 1 rings (SSSR count). The molecule has 0 saturated carbocycles. The third-order valence-electron chi connectivity index (χ3n) is 2.02. The van der Waals surface area contributed by atoms with Crippen LogP contribution in [0.2, 0.25) is 0 Å². The molecule has 1 aromatic rings. The van der Waals surface area contributed by atoms with Crippen molar-refractivity contribution in [1.82, 2.24) is 0 Å². The van der Waals surface area contributed by atoms with Gasteiger partial charge in [-0.05, 0) is 12.0 Å². The van der Waals surface area contributed by atoms with E-state index in [1.54, 1.807) is 13.8 Å². The largest absolute Gasteiger partial charge is 0.388 e. The number of hydrogen-bond acceptors (Lipinski definition) is 1. The third kappa shape index (κ3) is 1.90. The first-order valence-corrected chi connectivity index (χ1v) is 4.26. The van der Waals surface area contributed by atoms with Crippen LogP contribution in [0.4, 0.5) is 13.2 Å². The Morgan fingerprint density at radius 3 is 2.14 bits per heavy atom. The minimum Gasteiger partial charge on any atom is -0.388 e. The van der Waals surface area contributed by atoms with Crippen LogP contribution in [-0.4, -0.2) is 5.11 Å². The summed E-state index contributed by atoms with van der Waals surface area (Å²) in [6.07, 6.45) is -1.12. The molecule has 0 amide bonds. The predicted molar refractivity (Wildman–Crippen MR) is 46.1 cm³/mol. The fourth-order valence-electron chi connectivity index (χ4n) is 1.13. The van der Waals surface area contributed by atoms with Gasteiger partial charge in [0.25, 0.3) is 0 Å². The molecular weight excluding hydrogens is 193 g/mol. The highest BCUT2D eigenvalue weighted by Crippen LogP contribution is 2.26. The third-order valence-corrected chi connectivity index (χ3v) is 2.02. The molecule has 0 heterocycles. The van der Waals surface area contributed by atoms with E-state index < -0.39 is 23.6 Å². The number of rotatable bonds is 2. The summed E-state index contributed by atoms with van der Waals surface area (Å²) in [6, 6.07) is 1.86. The molecule has 1 N–H and O–H groups in total. The van der Waals surface area contributed by atoms with Crippen molar-refractivity contribution < 1.29 is 18.3 Å². The molecule has 1 unspecified atom stereocenters. The lowest BCUT2D eigenvalue weighted by Crippen LogP contribution is -2.09. The van der Waals surface area contributed by atoms with Gasteiger partial charge in [-0.2, -0.15) is 0 Å². The lowest BCUT2D eigenvalue weighted by molar-refractivity contribution is 0.121. The summed E-state index contributed by atoms with van der Waals surface area (Å²) in [5.41, 5.74) is -0.209. The van der Waals surface area contributed by atoms with Gasteiger partial charge >= 0.3 is 0 Å². The van der Waals surface area contributed by atoms with E-state index in [9.17, 15) is 18.3 Å². The maximum absolute atomic E-state index is 13.1. The van der Waals surface area contributed by atoms with Crippen molar-refractivity contribution in [3.05, 3.63) is 35.1 Å². The lowest BCUT2D eigenvalue weighted by atomic mass is 9.98. The second-order valence-corrected chi connectivity index (χ2v) is 3.45. The minimum absolute atomic E-state index is 0.209. The molecular formula is C10H11F3O. The Kier molecular flexibility index (Phi) is 3.16. The van der Waals surface area contributed by atoms with Crippen LogP contribution in [0, 0.1) is 23.4 Å². The summed E-state index contributed by atoms with van der Waals surface area (Å²) in [5.74, 6) is -4.36. The molecule has 1 atom stereocenters. The molecule has 4 heteroatoms. The highest BCUT2D eigenvalue weighted by atomic mass is 19.2. The van der Waals surface area contributed by atoms with Crippen molar-refractivity contribution in [2.75, 3.05) is 0 Å². The molecule has 0 radical (unpaired) electrons. The number of halogens is 3. The summed E-state index contributed by atoms with van der Waals surface area (Å²) in [5, 5.41) is 9.46. The molecule has 0 bridgehead atoms. The standard InChI is InChI=1S/C10H11F3O/c1-5(2)10(14)6-3-4-7(11)9(13)8(6)12/h3-5,10,14H,1-2H3. The molecule has 14 heavy (non-hydrogen) atoms. The zero-order chi connectivity index (χ0) is 10.9. The summed E-state index contributed by atoms with van der Waals surface area (Å²) in [6.45, 7) is 3.32. The van der Waals surface area contributed by atoms with E-state index in [2.05, 4.69) is 0 Å². The van der Waals surface area contributed by atoms with Gasteiger partial charge in [-0.1, -0.05) is 19.9 Å². The van der Waals surface area contributed by atoms with Crippen LogP contribution < -0.4 is 0 Å². The summed E-state index contributed by atoms with van der Waals surface area (Å²) >= 11 is 0. The van der Waals surface area contributed by atoms with E-state index >= 15 is 0 Å². The van der Waals surface area contributed by atoms with E-state index in [1.165, 1.54) is 0 Å². The molecule has 0 fully saturated rings. The van der Waals surface area contributed by atoms with Crippen LogP contribution >= 0.6 is 0 Å². The summed E-state index contributed by atoms with van der Waals surface area (Å²) < 4.78 is 38.4. The average molecular weight is 204 g/mol. The van der Waals surface area contributed by atoms with Crippen LogP contribution in [0.15, 0.2) is 12.1 Å². The Bertz CT molecular complexity index is 336. The second kappa shape index (κ2) is 4.00. The summed E-state index contributed by atoms with van der Waals surface area (Å²) in [4.78, 5) is 0. The van der Waals surface area contributed by atoms with Crippen molar-refractivity contribution in [2.24, 2.45) is 5.92 Å². The molecule has 0 aliphatic carbocycles. The van der Waals surface area contributed by atoms with Gasteiger partial charge in [-0.3, -0.25) is 0 Å². The highest BCUT2D eigenvalue weighted by Gasteiger charge is 2.20. The van der Waals surface area contributed by atoms with Gasteiger partial charge in [0.1, 0.15) is 0 Å². The normalized spacial score (nSPS) is 13.4. The number of benzene rings is 1. The van der Waals surface area contributed by atoms with Gasteiger partial charge in [-0.25, -0.2) is 13.2 Å². The molecule has 1 aromatic carbocycles. The molecule has 0 aliphatic rings. The van der Waals surface area contributed by atoms with Gasteiger partial charge in [0.15, 0.2) is 17.5 Å². The fraction of sp³-hybridized carbons (Fsp3) is 0.400. The van der Waals surface area contributed by atoms with Crippen LogP contribution in [-0.2, 0) is 0 Å². The van der Waals surface area contributed by atoms with Crippen molar-refractivity contribution >= 4 is 0 Å². The monoisotopic (exact) mass is 204 g/mol. The first-order valence-electron chi connectivity index (χ1n) is 4.26. The Morgan fingerprint density at radius 1 is 1.07 bits per heavy atom. The van der Waals surface area contributed by atoms with E-state index in [-0.39, 0.29) is 11.5 Å². The first-order chi connectivity index (χ1) is 6.45. The van der Waals surface area contributed by atoms with E-state index in [0.29, 0.717) is 0 Å². The second-order valence-electron chi connectivity index (χ2n) is 3.45. The predicted octanol–water partition coefficient (Wildman–Crippen LogP) is 2.79. The molecule has 0 saturated heterocycles. The van der Waals surface area contributed by atoms with E-state index in [4.69, 9.17) is 0 Å². The quantitative estimate of drug-likeness (QED) is 0.734. The van der Waals surface area contributed by atoms with Gasteiger partial charge in [0, 0.05) is 5.56 Å². The molecule has 1 nitrogen and oxygen atoms in total. The van der Waals surface area contributed by atoms with Gasteiger partial charge < -0.3 is 5.11 Å². The molecule has 0 aliphatic heterocycles. The maximum atomic E-state index is 13.1. The van der Waals surface area contributed by atoms with Crippen LogP contribution in [0.3, 0.4) is 0 Å². The Labute approximate surface area is 80.2 Å². The van der Waals surface area contributed by atoms with Crippen LogP contribution in [0.25, 0.3) is 0 Å². The Hall–Kier alpha value is -1.03. The maximum Gasteiger partial charge on any atom is 0.194 e. The van der Waals surface area contributed by atoms with E-state index in [1.807, 2.05) is 0 Å². The highest BCUT2D eigenvalue weighted by molar-refractivity contribution is 5.22. The van der Waals surface area contributed by atoms with Crippen LogP contribution in [0.1, 0.15) is 25.5 Å². The van der Waals surface area contributed by atoms with Crippen molar-refractivity contribution in [1.29, 1.82) is 0 Å². The fourth-order valence-corrected chi connectivity index (χ4v) is 1.13. The Morgan fingerprint density at radius 2 is 1.64 bits per heavy atom. The lowest BCUT2D eigenvalue weighted by Gasteiger charge is -2.15. The minimum atomic E-state index is -1.54. The summed E-state index contributed by atoms with van der Waals surface area (Å²) in [7, 11) is 0. The van der Waals surface area contributed by atoms with Crippen molar-refractivity contribution in [2.45, 2.75) is 20.0 Å². The number of hydrogen-bond donors (Lipinski definition) is 1. The number of aliphatic hydroxyl groups is 1.